The fourth-order valence-corrected chi connectivity index (χ4v) is 2.27. The zero-order valence-corrected chi connectivity index (χ0v) is 11.4. The summed E-state index contributed by atoms with van der Waals surface area (Å²) in [5.74, 6) is -3.77. The van der Waals surface area contributed by atoms with Gasteiger partial charge in [-0.2, -0.15) is 0 Å². The minimum Gasteiger partial charge on any atom is -0.504 e. The number of halogens is 2. The number of fused-ring (bicyclic) bond motifs is 1. The van der Waals surface area contributed by atoms with Crippen LogP contribution in [0.25, 0.3) is 22.3 Å². The van der Waals surface area contributed by atoms with Crippen LogP contribution < -0.4 is 5.43 Å². The maximum atomic E-state index is 13.5. The Kier molecular flexibility index (Phi) is 3.09. The first-order valence-corrected chi connectivity index (χ1v) is 6.34. The Balaban J connectivity index is 2.39. The Morgan fingerprint density at radius 2 is 1.73 bits per heavy atom. The second-order valence-electron chi connectivity index (χ2n) is 4.83. The van der Waals surface area contributed by atoms with Crippen LogP contribution in [0.5, 0.6) is 11.5 Å². The van der Waals surface area contributed by atoms with E-state index in [9.17, 15) is 18.7 Å². The lowest BCUT2D eigenvalue weighted by Gasteiger charge is -2.09. The zero-order chi connectivity index (χ0) is 16.0. The first-order chi connectivity index (χ1) is 10.4. The largest absolute Gasteiger partial charge is 0.504 e. The van der Waals surface area contributed by atoms with Gasteiger partial charge in [0.15, 0.2) is 34.1 Å². The molecular weight excluding hydrogens is 294 g/mol. The Labute approximate surface area is 122 Å². The second-order valence-corrected chi connectivity index (χ2v) is 4.83. The van der Waals surface area contributed by atoms with E-state index >= 15 is 0 Å². The standard InChI is InChI=1S/C16H10F2O4/c1-7-13(20)9-3-2-4-12(19)16(9)22-15(7)8-5-10(17)14(21)11(18)6-8/h2-6,19,21H,1H3. The lowest BCUT2D eigenvalue weighted by Crippen LogP contribution is -2.07. The number of para-hydroxylation sites is 1. The minimum absolute atomic E-state index is 0.0486. The van der Waals surface area contributed by atoms with Crippen LogP contribution in [-0.4, -0.2) is 10.2 Å². The molecule has 3 rings (SSSR count). The van der Waals surface area contributed by atoms with Crippen LogP contribution in [0.2, 0.25) is 0 Å². The number of hydrogen-bond acceptors (Lipinski definition) is 4. The third kappa shape index (κ3) is 2.00. The number of hydrogen-bond donors (Lipinski definition) is 2. The van der Waals surface area contributed by atoms with E-state index in [1.807, 2.05) is 0 Å². The highest BCUT2D eigenvalue weighted by molar-refractivity contribution is 5.84. The van der Waals surface area contributed by atoms with Gasteiger partial charge in [-0.3, -0.25) is 4.79 Å². The number of aromatic hydroxyl groups is 2. The molecule has 1 heterocycles. The van der Waals surface area contributed by atoms with Crippen LogP contribution in [0.15, 0.2) is 39.5 Å². The van der Waals surface area contributed by atoms with Crippen molar-refractivity contribution in [1.29, 1.82) is 0 Å². The third-order valence-corrected chi connectivity index (χ3v) is 3.40. The predicted molar refractivity (Wildman–Crippen MR) is 75.9 cm³/mol. The summed E-state index contributed by atoms with van der Waals surface area (Å²) in [6.45, 7) is 1.45. The fraction of sp³-hybridized carbons (Fsp3) is 0.0625. The maximum Gasteiger partial charge on any atom is 0.196 e. The van der Waals surface area contributed by atoms with E-state index in [4.69, 9.17) is 9.52 Å². The van der Waals surface area contributed by atoms with Gasteiger partial charge in [-0.05, 0) is 31.2 Å². The molecule has 22 heavy (non-hydrogen) atoms. The fourth-order valence-electron chi connectivity index (χ4n) is 2.27. The molecule has 4 nitrogen and oxygen atoms in total. The molecule has 0 amide bonds. The normalized spacial score (nSPS) is 11.0. The molecule has 0 atom stereocenters. The van der Waals surface area contributed by atoms with Crippen molar-refractivity contribution in [3.05, 3.63) is 57.8 Å². The van der Waals surface area contributed by atoms with Crippen molar-refractivity contribution in [2.75, 3.05) is 0 Å². The van der Waals surface area contributed by atoms with Crippen molar-refractivity contribution in [2.24, 2.45) is 0 Å². The van der Waals surface area contributed by atoms with Crippen molar-refractivity contribution >= 4 is 11.0 Å². The van der Waals surface area contributed by atoms with E-state index in [0.717, 1.165) is 12.1 Å². The van der Waals surface area contributed by atoms with Gasteiger partial charge in [-0.1, -0.05) is 6.07 Å². The van der Waals surface area contributed by atoms with Gasteiger partial charge in [0.1, 0.15) is 5.76 Å². The molecule has 112 valence electrons. The van der Waals surface area contributed by atoms with E-state index < -0.39 is 22.8 Å². The average Bonchev–Trinajstić information content (AvgIpc) is 2.48. The molecule has 0 aliphatic heterocycles. The highest BCUT2D eigenvalue weighted by Gasteiger charge is 2.18. The Morgan fingerprint density at radius 1 is 1.09 bits per heavy atom. The first kappa shape index (κ1) is 14.1. The second kappa shape index (κ2) is 4.84. The van der Waals surface area contributed by atoms with E-state index in [1.165, 1.54) is 25.1 Å². The summed E-state index contributed by atoms with van der Waals surface area (Å²) in [6.07, 6.45) is 0. The summed E-state index contributed by atoms with van der Waals surface area (Å²) in [4.78, 5) is 12.3. The van der Waals surface area contributed by atoms with Gasteiger partial charge in [0.05, 0.1) is 5.39 Å². The molecule has 0 aliphatic carbocycles. The molecule has 2 aromatic carbocycles. The van der Waals surface area contributed by atoms with Crippen LogP contribution in [-0.2, 0) is 0 Å². The summed E-state index contributed by atoms with van der Waals surface area (Å²) < 4.78 is 32.5. The molecule has 6 heteroatoms. The van der Waals surface area contributed by atoms with E-state index in [-0.39, 0.29) is 33.6 Å². The molecule has 3 aromatic rings. The van der Waals surface area contributed by atoms with Gasteiger partial charge >= 0.3 is 0 Å². The molecule has 2 N–H and O–H groups in total. The lowest BCUT2D eigenvalue weighted by atomic mass is 10.0. The monoisotopic (exact) mass is 304 g/mol. The number of rotatable bonds is 1. The van der Waals surface area contributed by atoms with Crippen LogP contribution >= 0.6 is 0 Å². The van der Waals surface area contributed by atoms with Gasteiger partial charge in [-0.25, -0.2) is 8.78 Å². The zero-order valence-electron chi connectivity index (χ0n) is 11.4. The Hall–Kier alpha value is -2.89. The molecular formula is C16H10F2O4. The van der Waals surface area contributed by atoms with Gasteiger partial charge in [0.2, 0.25) is 0 Å². The van der Waals surface area contributed by atoms with Crippen LogP contribution in [0.1, 0.15) is 5.56 Å². The maximum absolute atomic E-state index is 13.5. The molecule has 0 bridgehead atoms. The molecule has 0 saturated carbocycles. The molecule has 0 fully saturated rings. The van der Waals surface area contributed by atoms with E-state index in [1.54, 1.807) is 0 Å². The van der Waals surface area contributed by atoms with Crippen molar-refractivity contribution in [2.45, 2.75) is 6.92 Å². The smallest absolute Gasteiger partial charge is 0.196 e. The molecule has 0 radical (unpaired) electrons. The highest BCUT2D eigenvalue weighted by atomic mass is 19.1. The summed E-state index contributed by atoms with van der Waals surface area (Å²) >= 11 is 0. The van der Waals surface area contributed by atoms with E-state index in [0.29, 0.717) is 0 Å². The topological polar surface area (TPSA) is 70.7 Å². The molecule has 0 saturated heterocycles. The Morgan fingerprint density at radius 3 is 2.36 bits per heavy atom. The van der Waals surface area contributed by atoms with Crippen molar-refractivity contribution < 1.29 is 23.4 Å². The van der Waals surface area contributed by atoms with E-state index in [2.05, 4.69) is 0 Å². The lowest BCUT2D eigenvalue weighted by molar-refractivity contribution is 0.396. The SMILES string of the molecule is Cc1c(-c2cc(F)c(O)c(F)c2)oc2c(O)cccc2c1=O. The quantitative estimate of drug-likeness (QED) is 0.722. The van der Waals surface area contributed by atoms with Crippen molar-refractivity contribution in [3.8, 4) is 22.8 Å². The van der Waals surface area contributed by atoms with Crippen LogP contribution in [0.4, 0.5) is 8.78 Å². The van der Waals surface area contributed by atoms with Gasteiger partial charge in [0.25, 0.3) is 0 Å². The third-order valence-electron chi connectivity index (χ3n) is 3.40. The summed E-state index contributed by atoms with van der Waals surface area (Å²) in [5.41, 5.74) is -0.391. The number of phenols is 2. The summed E-state index contributed by atoms with van der Waals surface area (Å²) in [7, 11) is 0. The molecule has 1 aromatic heterocycles. The minimum atomic E-state index is -1.17. The summed E-state index contributed by atoms with van der Waals surface area (Å²) in [6, 6.07) is 6.02. The molecule has 0 aliphatic rings. The number of benzene rings is 2. The van der Waals surface area contributed by atoms with Gasteiger partial charge in [-0.15, -0.1) is 0 Å². The average molecular weight is 304 g/mol. The van der Waals surface area contributed by atoms with Gasteiger partial charge < -0.3 is 14.6 Å². The van der Waals surface area contributed by atoms with Crippen LogP contribution in [0, 0.1) is 18.6 Å². The molecule has 0 spiro atoms. The first-order valence-electron chi connectivity index (χ1n) is 6.34. The predicted octanol–water partition coefficient (Wildman–Crippen LogP) is 3.46. The number of phenolic OH excluding ortho intramolecular Hbond substituents is 2. The van der Waals surface area contributed by atoms with Crippen LogP contribution in [0.3, 0.4) is 0 Å². The summed E-state index contributed by atoms with van der Waals surface area (Å²) in [5, 5.41) is 19.1. The highest BCUT2D eigenvalue weighted by Crippen LogP contribution is 2.32. The van der Waals surface area contributed by atoms with Crippen molar-refractivity contribution in [3.63, 3.8) is 0 Å². The van der Waals surface area contributed by atoms with Crippen molar-refractivity contribution in [1.82, 2.24) is 0 Å². The Bertz CT molecular complexity index is 937. The molecule has 0 unspecified atom stereocenters. The van der Waals surface area contributed by atoms with Gasteiger partial charge in [0, 0.05) is 11.1 Å².